The number of carbonyl (C=O) groups excluding carboxylic acids is 2. The van der Waals surface area contributed by atoms with Gasteiger partial charge in [-0.3, -0.25) is 14.1 Å². The largest absolute Gasteiger partial charge is 0.469 e. The van der Waals surface area contributed by atoms with Gasteiger partial charge in [-0.05, 0) is 25.7 Å². The Bertz CT molecular complexity index is 1070. The average molecular weight is 787 g/mol. The van der Waals surface area contributed by atoms with Crippen molar-refractivity contribution in [1.29, 1.82) is 0 Å². The summed E-state index contributed by atoms with van der Waals surface area (Å²) in [5.41, 5.74) is 0. The summed E-state index contributed by atoms with van der Waals surface area (Å²) in [6.07, 6.45) is 33.4. The lowest BCUT2D eigenvalue weighted by Crippen LogP contribution is -2.29. The summed E-state index contributed by atoms with van der Waals surface area (Å²) < 4.78 is 26.2. The van der Waals surface area contributed by atoms with E-state index in [2.05, 4.69) is 18.4 Å². The van der Waals surface area contributed by atoms with E-state index in [9.17, 15) is 29.5 Å². The third kappa shape index (κ3) is 36.8. The Balaban J connectivity index is 4.25. The molecule has 0 saturated heterocycles. The van der Waals surface area contributed by atoms with E-state index in [0.29, 0.717) is 6.42 Å². The van der Waals surface area contributed by atoms with Crippen molar-refractivity contribution in [2.75, 3.05) is 13.2 Å². The average Bonchev–Trinajstić information content (AvgIpc) is 3.13. The predicted molar refractivity (Wildman–Crippen MR) is 216 cm³/mol. The first-order valence-electron chi connectivity index (χ1n) is 20.8. The third-order valence-corrected chi connectivity index (χ3v) is 9.45. The highest BCUT2D eigenvalue weighted by Gasteiger charge is 2.23. The molecule has 0 amide bonds. The van der Waals surface area contributed by atoms with Crippen LogP contribution in [0, 0.1) is 0 Å². The minimum atomic E-state index is -4.84. The fourth-order valence-corrected chi connectivity index (χ4v) is 6.06. The summed E-state index contributed by atoms with van der Waals surface area (Å²) >= 11 is 0. The summed E-state index contributed by atoms with van der Waals surface area (Å²) in [6, 6.07) is 0. The summed E-state index contributed by atoms with van der Waals surface area (Å²) in [4.78, 5) is 42.9. The van der Waals surface area contributed by atoms with Crippen LogP contribution in [0.15, 0.2) is 48.6 Å². The number of aliphatic hydroxyl groups excluding tert-OH is 3. The Morgan fingerprint density at radius 1 is 0.556 bits per heavy atom. The number of phosphoric ester groups is 1. The first-order chi connectivity index (χ1) is 26.0. The van der Waals surface area contributed by atoms with Crippen molar-refractivity contribution in [2.24, 2.45) is 0 Å². The van der Waals surface area contributed by atoms with Crippen LogP contribution in [0.1, 0.15) is 168 Å². The number of aliphatic hydroxyl groups is 3. The molecule has 0 bridgehead atoms. The first-order valence-corrected chi connectivity index (χ1v) is 22.3. The van der Waals surface area contributed by atoms with Gasteiger partial charge in [0.25, 0.3) is 0 Å². The molecular weight excluding hydrogens is 711 g/mol. The second-order valence-electron chi connectivity index (χ2n) is 14.2. The van der Waals surface area contributed by atoms with Crippen LogP contribution in [-0.4, -0.2) is 74.7 Å². The second kappa shape index (κ2) is 36.5. The van der Waals surface area contributed by atoms with Gasteiger partial charge in [0.2, 0.25) is 0 Å². The van der Waals surface area contributed by atoms with Crippen LogP contribution in [0.5, 0.6) is 0 Å². The first kappa shape index (κ1) is 51.9. The highest BCUT2D eigenvalue weighted by Crippen LogP contribution is 2.36. The maximum absolute atomic E-state index is 12.4. The van der Waals surface area contributed by atoms with Crippen molar-refractivity contribution >= 4 is 19.8 Å². The van der Waals surface area contributed by atoms with E-state index >= 15 is 0 Å². The van der Waals surface area contributed by atoms with Crippen LogP contribution in [0.4, 0.5) is 0 Å². The lowest BCUT2D eigenvalue weighted by atomic mass is 10.0. The van der Waals surface area contributed by atoms with E-state index in [4.69, 9.17) is 19.3 Å². The SMILES string of the molecule is CCCCCCCCCCCCCCCCCCC(=O)O[C@H](COC(=O)CCC[C@@H](O)[C@H](O)/C=C/C=C/C=C\C=C\[C@H](O)CCCCC)COP(=O)(O)O. The highest BCUT2D eigenvalue weighted by molar-refractivity contribution is 7.46. The Kier molecular flexibility index (Phi) is 35.1. The molecule has 0 heterocycles. The molecular formula is C42H75O11P. The van der Waals surface area contributed by atoms with Crippen LogP contribution in [0.25, 0.3) is 0 Å². The van der Waals surface area contributed by atoms with E-state index in [1.165, 1.54) is 83.1 Å². The predicted octanol–water partition coefficient (Wildman–Crippen LogP) is 9.26. The Hall–Kier alpha value is -2.11. The van der Waals surface area contributed by atoms with Gasteiger partial charge in [0.1, 0.15) is 6.61 Å². The molecule has 0 aliphatic rings. The molecule has 12 heteroatoms. The molecule has 0 aliphatic carbocycles. The van der Waals surface area contributed by atoms with Crippen molar-refractivity contribution < 1.29 is 53.3 Å². The molecule has 0 rings (SSSR count). The Labute approximate surface area is 326 Å². The second-order valence-corrected chi connectivity index (χ2v) is 15.4. The zero-order valence-corrected chi connectivity index (χ0v) is 34.3. The molecule has 314 valence electrons. The smallest absolute Gasteiger partial charge is 0.462 e. The number of unbranched alkanes of at least 4 members (excludes halogenated alkanes) is 17. The standard InChI is InChI=1S/C42H75O11P/c1-3-5-7-8-9-10-11-12-13-14-15-16-17-18-23-27-33-42(47)53-38(36-52-54(48,49)50)35-51-41(46)34-28-32-40(45)39(44)31-26-22-20-19-21-25-30-37(43)29-24-6-4-2/h19-22,25-26,30-31,37-40,43-45H,3-18,23-24,27-29,32-36H2,1-2H3,(H2,48,49,50)/b21-19-,22-20+,30-25+,31-26+/t37-,38-,39-,40-/m1/s1. The van der Waals surface area contributed by atoms with Crippen molar-refractivity contribution in [2.45, 2.75) is 192 Å². The summed E-state index contributed by atoms with van der Waals surface area (Å²) in [5, 5.41) is 30.3. The molecule has 0 spiro atoms. The molecule has 0 radical (unpaired) electrons. The minimum absolute atomic E-state index is 0.0851. The summed E-state index contributed by atoms with van der Waals surface area (Å²) in [6.45, 7) is 3.29. The third-order valence-electron chi connectivity index (χ3n) is 8.97. The number of allylic oxidation sites excluding steroid dienone is 6. The normalized spacial score (nSPS) is 14.7. The summed E-state index contributed by atoms with van der Waals surface area (Å²) in [5.74, 6) is -1.21. The number of hydrogen-bond donors (Lipinski definition) is 5. The van der Waals surface area contributed by atoms with Gasteiger partial charge in [-0.15, -0.1) is 0 Å². The van der Waals surface area contributed by atoms with E-state index in [0.717, 1.165) is 44.9 Å². The zero-order valence-electron chi connectivity index (χ0n) is 33.4. The molecule has 0 aromatic rings. The van der Waals surface area contributed by atoms with Gasteiger partial charge in [-0.25, -0.2) is 4.57 Å². The highest BCUT2D eigenvalue weighted by atomic mass is 31.2. The van der Waals surface area contributed by atoms with Gasteiger partial charge in [0.15, 0.2) is 6.10 Å². The molecule has 0 unspecified atom stereocenters. The topological polar surface area (TPSA) is 180 Å². The fourth-order valence-electron chi connectivity index (χ4n) is 5.70. The van der Waals surface area contributed by atoms with Crippen molar-refractivity contribution in [3.05, 3.63) is 48.6 Å². The van der Waals surface area contributed by atoms with Crippen LogP contribution < -0.4 is 0 Å². The minimum Gasteiger partial charge on any atom is -0.462 e. The van der Waals surface area contributed by atoms with Gasteiger partial charge in [0.05, 0.1) is 24.9 Å². The van der Waals surface area contributed by atoms with E-state index in [1.54, 1.807) is 42.5 Å². The van der Waals surface area contributed by atoms with Gasteiger partial charge < -0.3 is 34.6 Å². The quantitative estimate of drug-likeness (QED) is 0.0175. The molecule has 54 heavy (non-hydrogen) atoms. The van der Waals surface area contributed by atoms with Gasteiger partial charge in [-0.2, -0.15) is 0 Å². The van der Waals surface area contributed by atoms with E-state index in [1.807, 2.05) is 0 Å². The zero-order chi connectivity index (χ0) is 40.1. The molecule has 0 saturated carbocycles. The summed E-state index contributed by atoms with van der Waals surface area (Å²) in [7, 11) is -4.84. The van der Waals surface area contributed by atoms with E-state index in [-0.39, 0.29) is 25.7 Å². The number of rotatable bonds is 37. The van der Waals surface area contributed by atoms with E-state index < -0.39 is 57.4 Å². The fraction of sp³-hybridized carbons (Fsp3) is 0.762. The van der Waals surface area contributed by atoms with Crippen molar-refractivity contribution in [3.8, 4) is 0 Å². The van der Waals surface area contributed by atoms with Gasteiger partial charge in [-0.1, -0.05) is 178 Å². The van der Waals surface area contributed by atoms with Crippen molar-refractivity contribution in [1.82, 2.24) is 0 Å². The van der Waals surface area contributed by atoms with Crippen LogP contribution in [0.2, 0.25) is 0 Å². The molecule has 0 aromatic heterocycles. The number of esters is 2. The Morgan fingerprint density at radius 3 is 1.56 bits per heavy atom. The number of carbonyl (C=O) groups is 2. The Morgan fingerprint density at radius 2 is 1.02 bits per heavy atom. The maximum Gasteiger partial charge on any atom is 0.469 e. The van der Waals surface area contributed by atoms with Crippen LogP contribution in [-0.2, 0) is 28.2 Å². The number of hydrogen-bond acceptors (Lipinski definition) is 9. The lowest BCUT2D eigenvalue weighted by Gasteiger charge is -2.18. The van der Waals surface area contributed by atoms with Crippen LogP contribution in [0.3, 0.4) is 0 Å². The number of ether oxygens (including phenoxy) is 2. The van der Waals surface area contributed by atoms with Crippen molar-refractivity contribution in [3.63, 3.8) is 0 Å². The monoisotopic (exact) mass is 787 g/mol. The molecule has 11 nitrogen and oxygen atoms in total. The lowest BCUT2D eigenvalue weighted by molar-refractivity contribution is -0.161. The molecule has 0 aromatic carbocycles. The van der Waals surface area contributed by atoms with Gasteiger partial charge >= 0.3 is 19.8 Å². The molecule has 4 atom stereocenters. The van der Waals surface area contributed by atoms with Gasteiger partial charge in [0, 0.05) is 12.8 Å². The molecule has 0 fully saturated rings. The maximum atomic E-state index is 12.4. The molecule has 0 aliphatic heterocycles. The molecule has 5 N–H and O–H groups in total. The number of phosphoric acid groups is 1. The van der Waals surface area contributed by atoms with Crippen LogP contribution >= 0.6 is 7.82 Å².